The Bertz CT molecular complexity index is 521. The number of rotatable bonds is 7. The molecule has 1 unspecified atom stereocenters. The van der Waals surface area contributed by atoms with Crippen LogP contribution < -0.4 is 11.1 Å². The highest BCUT2D eigenvalue weighted by Gasteiger charge is 2.46. The van der Waals surface area contributed by atoms with Crippen molar-refractivity contribution >= 4 is 0 Å². The van der Waals surface area contributed by atoms with Gasteiger partial charge < -0.3 is 11.1 Å². The highest BCUT2D eigenvalue weighted by Crippen LogP contribution is 2.43. The molecule has 106 valence electrons. The molecule has 0 saturated heterocycles. The van der Waals surface area contributed by atoms with Gasteiger partial charge in [0.1, 0.15) is 5.82 Å². The zero-order valence-corrected chi connectivity index (χ0v) is 11.3. The molecule has 0 bridgehead atoms. The van der Waals surface area contributed by atoms with Crippen LogP contribution in [0.15, 0.2) is 30.9 Å². The van der Waals surface area contributed by atoms with Crippen LogP contribution in [0.25, 0.3) is 0 Å². The zero-order chi connectivity index (χ0) is 13.8. The van der Waals surface area contributed by atoms with Crippen molar-refractivity contribution in [1.82, 2.24) is 30.3 Å². The molecule has 1 aliphatic rings. The fraction of sp³-hybridized carbons (Fsp3) is 0.538. The lowest BCUT2D eigenvalue weighted by Crippen LogP contribution is -2.41. The summed E-state index contributed by atoms with van der Waals surface area (Å²) in [5, 5.41) is 11.6. The van der Waals surface area contributed by atoms with Crippen LogP contribution in [0, 0.1) is 0 Å². The Morgan fingerprint density at radius 1 is 1.20 bits per heavy atom. The van der Waals surface area contributed by atoms with Crippen LogP contribution in [0.5, 0.6) is 0 Å². The van der Waals surface area contributed by atoms with Gasteiger partial charge >= 0.3 is 0 Å². The average Bonchev–Trinajstić information content (AvgIpc) is 3.11. The van der Waals surface area contributed by atoms with E-state index in [-0.39, 0.29) is 11.6 Å². The number of nitrogens with one attached hydrogen (secondary N) is 1. The molecule has 3 rings (SSSR count). The van der Waals surface area contributed by atoms with Gasteiger partial charge in [0.2, 0.25) is 0 Å². The first-order valence-corrected chi connectivity index (χ1v) is 6.91. The van der Waals surface area contributed by atoms with Crippen LogP contribution in [0.4, 0.5) is 0 Å². The minimum Gasteiger partial charge on any atom is -0.326 e. The van der Waals surface area contributed by atoms with Crippen LogP contribution in [0.3, 0.4) is 0 Å². The smallest absolute Gasteiger partial charge is 0.148 e. The Kier molecular flexibility index (Phi) is 3.70. The number of hydrogen-bond acceptors (Lipinski definition) is 6. The van der Waals surface area contributed by atoms with Crippen LogP contribution in [0.2, 0.25) is 0 Å². The summed E-state index contributed by atoms with van der Waals surface area (Å²) < 4.78 is 0. The van der Waals surface area contributed by atoms with E-state index in [4.69, 9.17) is 5.73 Å². The minimum absolute atomic E-state index is 0.0527. The van der Waals surface area contributed by atoms with Gasteiger partial charge in [0.25, 0.3) is 0 Å². The van der Waals surface area contributed by atoms with E-state index >= 15 is 0 Å². The molecule has 2 aromatic heterocycles. The zero-order valence-electron chi connectivity index (χ0n) is 11.3. The number of aryl methyl sites for hydroxylation is 1. The number of aromatic nitrogens is 5. The highest BCUT2D eigenvalue weighted by molar-refractivity contribution is 5.15. The van der Waals surface area contributed by atoms with Gasteiger partial charge in [-0.3, -0.25) is 0 Å². The van der Waals surface area contributed by atoms with E-state index in [1.54, 1.807) is 29.6 Å². The number of hydrogen-bond donors (Lipinski definition) is 2. The molecule has 0 aromatic carbocycles. The second-order valence-corrected chi connectivity index (χ2v) is 5.21. The molecule has 3 N–H and O–H groups in total. The lowest BCUT2D eigenvalue weighted by atomic mass is 10.2. The molecule has 7 nitrogen and oxygen atoms in total. The maximum atomic E-state index is 6.13. The molecule has 20 heavy (non-hydrogen) atoms. The second kappa shape index (κ2) is 5.64. The molecule has 0 aliphatic heterocycles. The molecule has 1 aliphatic carbocycles. The molecule has 1 fully saturated rings. The van der Waals surface area contributed by atoms with E-state index in [1.807, 2.05) is 6.07 Å². The lowest BCUT2D eigenvalue weighted by molar-refractivity contribution is 0.414. The number of nitrogens with zero attached hydrogens (tertiary/aromatic N) is 5. The average molecular weight is 273 g/mol. The Hall–Kier alpha value is -1.86. The van der Waals surface area contributed by atoms with Crippen molar-refractivity contribution in [1.29, 1.82) is 0 Å². The summed E-state index contributed by atoms with van der Waals surface area (Å²) in [4.78, 5) is 10.3. The Labute approximate surface area is 117 Å². The summed E-state index contributed by atoms with van der Waals surface area (Å²) in [5.74, 6) is 0.876. The first kappa shape index (κ1) is 13.1. The van der Waals surface area contributed by atoms with Crippen LogP contribution in [-0.4, -0.2) is 37.5 Å². The van der Waals surface area contributed by atoms with Gasteiger partial charge in [-0.25, -0.2) is 9.97 Å². The summed E-state index contributed by atoms with van der Waals surface area (Å²) in [7, 11) is 0. The van der Waals surface area contributed by atoms with Crippen LogP contribution in [-0.2, 0) is 12.1 Å². The molecule has 0 spiro atoms. The fourth-order valence-electron chi connectivity index (χ4n) is 2.22. The van der Waals surface area contributed by atoms with Crippen molar-refractivity contribution < 1.29 is 0 Å². The monoisotopic (exact) mass is 273 g/mol. The van der Waals surface area contributed by atoms with Crippen LogP contribution in [0.1, 0.15) is 25.1 Å². The van der Waals surface area contributed by atoms with Gasteiger partial charge in [-0.05, 0) is 25.3 Å². The molecule has 1 saturated carbocycles. The van der Waals surface area contributed by atoms with Crippen LogP contribution >= 0.6 is 0 Å². The Morgan fingerprint density at radius 3 is 2.55 bits per heavy atom. The van der Waals surface area contributed by atoms with E-state index in [1.165, 1.54) is 0 Å². The molecule has 0 radical (unpaired) electrons. The van der Waals surface area contributed by atoms with Gasteiger partial charge in [0.05, 0.1) is 24.5 Å². The lowest BCUT2D eigenvalue weighted by Gasteiger charge is -2.19. The normalized spacial score (nSPS) is 17.9. The quantitative estimate of drug-likeness (QED) is 0.741. The molecular formula is C13H19N7. The van der Waals surface area contributed by atoms with E-state index in [2.05, 4.69) is 25.5 Å². The number of nitrogens with two attached hydrogens (primary N) is 1. The molecule has 1 atom stereocenters. The highest BCUT2D eigenvalue weighted by atomic mass is 15.5. The second-order valence-electron chi connectivity index (χ2n) is 5.21. The van der Waals surface area contributed by atoms with Crippen molar-refractivity contribution in [2.75, 3.05) is 6.54 Å². The van der Waals surface area contributed by atoms with Gasteiger partial charge in [-0.2, -0.15) is 15.0 Å². The minimum atomic E-state index is -0.0527. The topological polar surface area (TPSA) is 94.5 Å². The molecule has 7 heteroatoms. The predicted octanol–water partition coefficient (Wildman–Crippen LogP) is 0.0644. The first-order valence-electron chi connectivity index (χ1n) is 6.91. The van der Waals surface area contributed by atoms with E-state index in [0.717, 1.165) is 38.2 Å². The van der Waals surface area contributed by atoms with Gasteiger partial charge in [-0.15, -0.1) is 0 Å². The summed E-state index contributed by atoms with van der Waals surface area (Å²) >= 11 is 0. The van der Waals surface area contributed by atoms with Gasteiger partial charge in [0.15, 0.2) is 0 Å². The van der Waals surface area contributed by atoms with Crippen molar-refractivity contribution in [3.05, 3.63) is 36.7 Å². The third-order valence-electron chi connectivity index (χ3n) is 3.61. The van der Waals surface area contributed by atoms with Crippen molar-refractivity contribution in [3.8, 4) is 0 Å². The van der Waals surface area contributed by atoms with Gasteiger partial charge in [-0.1, -0.05) is 0 Å². The van der Waals surface area contributed by atoms with Crippen molar-refractivity contribution in [2.24, 2.45) is 5.73 Å². The predicted molar refractivity (Wildman–Crippen MR) is 73.6 cm³/mol. The fourth-order valence-corrected chi connectivity index (χ4v) is 2.22. The third kappa shape index (κ3) is 3.00. The summed E-state index contributed by atoms with van der Waals surface area (Å²) in [6.07, 6.45) is 9.91. The first-order chi connectivity index (χ1) is 9.78. The maximum Gasteiger partial charge on any atom is 0.148 e. The SMILES string of the molecule is NC(CCn1nccn1)CNC1(c2ncccn2)CC1. The Balaban J connectivity index is 1.47. The standard InChI is InChI=1S/C13H19N7/c14-11(2-9-20-18-7-8-19-20)10-17-13(3-4-13)12-15-5-1-6-16-12/h1,5-8,11,17H,2-4,9-10,14H2. The van der Waals surface area contributed by atoms with E-state index < -0.39 is 0 Å². The summed E-state index contributed by atoms with van der Waals surface area (Å²) in [5.41, 5.74) is 6.08. The molecule has 2 heterocycles. The third-order valence-corrected chi connectivity index (χ3v) is 3.61. The molecule has 0 amide bonds. The van der Waals surface area contributed by atoms with E-state index in [9.17, 15) is 0 Å². The molecule has 2 aromatic rings. The summed E-state index contributed by atoms with van der Waals surface area (Å²) in [6.45, 7) is 1.49. The van der Waals surface area contributed by atoms with Crippen molar-refractivity contribution in [3.63, 3.8) is 0 Å². The maximum absolute atomic E-state index is 6.13. The largest absolute Gasteiger partial charge is 0.326 e. The van der Waals surface area contributed by atoms with E-state index in [0.29, 0.717) is 0 Å². The van der Waals surface area contributed by atoms with Gasteiger partial charge in [0, 0.05) is 25.0 Å². The Morgan fingerprint density at radius 2 is 1.90 bits per heavy atom. The summed E-state index contributed by atoms with van der Waals surface area (Å²) in [6, 6.07) is 1.91. The van der Waals surface area contributed by atoms with Crippen molar-refractivity contribution in [2.45, 2.75) is 37.4 Å². The molecular weight excluding hydrogens is 254 g/mol.